The van der Waals surface area contributed by atoms with Gasteiger partial charge in [0.2, 0.25) is 0 Å². The maximum Gasteiger partial charge on any atom is 0.335 e. The summed E-state index contributed by atoms with van der Waals surface area (Å²) in [5.74, 6) is -0.261. The van der Waals surface area contributed by atoms with Gasteiger partial charge in [-0.2, -0.15) is 0 Å². The molecule has 5 N–H and O–H groups in total. The maximum absolute atomic E-state index is 10.4. The molecule has 0 aliphatic heterocycles. The number of methoxy groups -OCH3 is 1. The van der Waals surface area contributed by atoms with Crippen LogP contribution in [0.25, 0.3) is 0 Å². The molecule has 1 aromatic carbocycles. The number of carbonyl (C=O) groups is 1. The highest BCUT2D eigenvalue weighted by Crippen LogP contribution is 2.10. The summed E-state index contributed by atoms with van der Waals surface area (Å²) in [4.78, 5) is 10.4. The molecule has 0 bridgehead atoms. The predicted molar refractivity (Wildman–Crippen MR) is 45.9 cm³/mol. The lowest BCUT2D eigenvalue weighted by Crippen LogP contribution is -1.95. The molecule has 0 fully saturated rings. The lowest BCUT2D eigenvalue weighted by molar-refractivity contribution is 0.0697. The maximum atomic E-state index is 10.4. The van der Waals surface area contributed by atoms with Crippen molar-refractivity contribution in [1.82, 2.24) is 6.15 Å². The van der Waals surface area contributed by atoms with Crippen LogP contribution in [0.3, 0.4) is 0 Å². The van der Waals surface area contributed by atoms with E-state index < -0.39 is 5.97 Å². The summed E-state index contributed by atoms with van der Waals surface area (Å²) in [6.07, 6.45) is 0. The number of carboxylic acid groups (broad SMARTS) is 1. The monoisotopic (exact) mass is 170 g/mol. The van der Waals surface area contributed by atoms with E-state index >= 15 is 0 Å². The van der Waals surface area contributed by atoms with Gasteiger partial charge in [0.15, 0.2) is 0 Å². The molecule has 1 rings (SSSR count). The quantitative estimate of drug-likeness (QED) is 0.709. The minimum atomic E-state index is -0.923. The van der Waals surface area contributed by atoms with Gasteiger partial charge in [0.25, 0.3) is 0 Å². The summed E-state index contributed by atoms with van der Waals surface area (Å²) in [5.41, 5.74) is 0.269. The molecule has 1 aromatic rings. The van der Waals surface area contributed by atoms with Crippen molar-refractivity contribution in [2.75, 3.05) is 7.11 Å². The van der Waals surface area contributed by atoms with Crippen molar-refractivity contribution in [2.45, 2.75) is 0 Å². The lowest BCUT2D eigenvalue weighted by Gasteiger charge is -1.98. The van der Waals surface area contributed by atoms with Crippen molar-refractivity contribution in [3.8, 4) is 5.75 Å². The van der Waals surface area contributed by atoms with Gasteiger partial charge < -0.3 is 16.0 Å². The molecule has 0 aromatic heterocycles. The Kier molecular flexibility index (Phi) is 3.79. The first-order valence-electron chi connectivity index (χ1n) is 3.11. The third-order valence-electron chi connectivity index (χ3n) is 1.34. The van der Waals surface area contributed by atoms with Gasteiger partial charge >= 0.3 is 5.97 Å². The fraction of sp³-hybridized carbons (Fsp3) is 0.125. The molecule has 0 aliphatic rings. The molecule has 0 radical (unpaired) electrons. The van der Waals surface area contributed by atoms with Gasteiger partial charge in [0.1, 0.15) is 5.75 Å². The number of carboxylic acids is 1. The molecular formula is C8H12NO3+. The Morgan fingerprint density at radius 3 is 2.17 bits per heavy atom. The van der Waals surface area contributed by atoms with Crippen LogP contribution in [0.5, 0.6) is 5.75 Å². The number of aromatic carboxylic acids is 1. The summed E-state index contributed by atoms with van der Waals surface area (Å²) in [5, 5.41) is 8.51. The molecule has 0 spiro atoms. The standard InChI is InChI=1S/C8H8O3.H3N/c1-11-7-4-2-6(3-5-7)8(9)10;/h2-5H,1H3,(H,9,10);1H3/p+1. The van der Waals surface area contributed by atoms with Gasteiger partial charge in [0, 0.05) is 0 Å². The number of rotatable bonds is 2. The zero-order valence-corrected chi connectivity index (χ0v) is 7.07. The molecular weight excluding hydrogens is 158 g/mol. The fourth-order valence-corrected chi connectivity index (χ4v) is 0.734. The van der Waals surface area contributed by atoms with Gasteiger partial charge in [-0.25, -0.2) is 4.79 Å². The number of quaternary nitrogens is 1. The first kappa shape index (κ1) is 10.4. The Balaban J connectivity index is 0.00000121. The van der Waals surface area contributed by atoms with E-state index in [2.05, 4.69) is 0 Å². The number of benzene rings is 1. The van der Waals surface area contributed by atoms with E-state index in [1.165, 1.54) is 19.2 Å². The number of hydrogen-bond donors (Lipinski definition) is 2. The summed E-state index contributed by atoms with van der Waals surface area (Å²) in [6.45, 7) is 0. The molecule has 0 heterocycles. The van der Waals surface area contributed by atoms with Crippen LogP contribution in [0.4, 0.5) is 0 Å². The second-order valence-electron chi connectivity index (χ2n) is 2.03. The Hall–Kier alpha value is -1.55. The lowest BCUT2D eigenvalue weighted by atomic mass is 10.2. The largest absolute Gasteiger partial charge is 0.497 e. The molecule has 0 atom stereocenters. The molecule has 0 aliphatic carbocycles. The van der Waals surface area contributed by atoms with Crippen molar-refractivity contribution in [2.24, 2.45) is 0 Å². The average molecular weight is 170 g/mol. The summed E-state index contributed by atoms with van der Waals surface area (Å²) in [6, 6.07) is 6.23. The average Bonchev–Trinajstić information content (AvgIpc) is 2.05. The van der Waals surface area contributed by atoms with E-state index in [0.717, 1.165) is 0 Å². The van der Waals surface area contributed by atoms with E-state index in [1.54, 1.807) is 12.1 Å². The van der Waals surface area contributed by atoms with E-state index in [4.69, 9.17) is 9.84 Å². The summed E-state index contributed by atoms with van der Waals surface area (Å²) in [7, 11) is 1.54. The van der Waals surface area contributed by atoms with E-state index in [9.17, 15) is 4.79 Å². The second kappa shape index (κ2) is 4.35. The van der Waals surface area contributed by atoms with E-state index in [0.29, 0.717) is 5.75 Å². The summed E-state index contributed by atoms with van der Waals surface area (Å²) >= 11 is 0. The Morgan fingerprint density at radius 2 is 1.83 bits per heavy atom. The highest BCUT2D eigenvalue weighted by atomic mass is 16.5. The van der Waals surface area contributed by atoms with Crippen LogP contribution >= 0.6 is 0 Å². The highest BCUT2D eigenvalue weighted by Gasteiger charge is 2.00. The van der Waals surface area contributed by atoms with Crippen molar-refractivity contribution < 1.29 is 14.6 Å². The van der Waals surface area contributed by atoms with Gasteiger partial charge in [0.05, 0.1) is 12.7 Å². The van der Waals surface area contributed by atoms with Crippen LogP contribution in [-0.4, -0.2) is 18.2 Å². The predicted octanol–water partition coefficient (Wildman–Crippen LogP) is 1.77. The Bertz CT molecular complexity index is 256. The van der Waals surface area contributed by atoms with Crippen LogP contribution in [-0.2, 0) is 0 Å². The molecule has 66 valence electrons. The van der Waals surface area contributed by atoms with Crippen LogP contribution in [0.2, 0.25) is 0 Å². The molecule has 0 saturated heterocycles. The van der Waals surface area contributed by atoms with E-state index in [-0.39, 0.29) is 11.7 Å². The fourth-order valence-electron chi connectivity index (χ4n) is 0.734. The van der Waals surface area contributed by atoms with Gasteiger partial charge in [-0.1, -0.05) is 0 Å². The Morgan fingerprint density at radius 1 is 1.33 bits per heavy atom. The van der Waals surface area contributed by atoms with Crippen molar-refractivity contribution in [3.05, 3.63) is 29.8 Å². The highest BCUT2D eigenvalue weighted by molar-refractivity contribution is 5.87. The zero-order chi connectivity index (χ0) is 8.27. The third-order valence-corrected chi connectivity index (χ3v) is 1.34. The summed E-state index contributed by atoms with van der Waals surface area (Å²) < 4.78 is 4.86. The minimum Gasteiger partial charge on any atom is -0.497 e. The molecule has 4 nitrogen and oxygen atoms in total. The van der Waals surface area contributed by atoms with Gasteiger partial charge in [-0.15, -0.1) is 0 Å². The van der Waals surface area contributed by atoms with Crippen molar-refractivity contribution >= 4 is 5.97 Å². The molecule has 0 unspecified atom stereocenters. The van der Waals surface area contributed by atoms with Gasteiger partial charge in [-0.05, 0) is 24.3 Å². The Labute approximate surface area is 70.4 Å². The van der Waals surface area contributed by atoms with Crippen LogP contribution in [0, 0.1) is 0 Å². The van der Waals surface area contributed by atoms with Crippen molar-refractivity contribution in [1.29, 1.82) is 0 Å². The van der Waals surface area contributed by atoms with Crippen LogP contribution in [0.15, 0.2) is 24.3 Å². The third kappa shape index (κ3) is 2.25. The number of hydrogen-bond acceptors (Lipinski definition) is 2. The topological polar surface area (TPSA) is 83.0 Å². The smallest absolute Gasteiger partial charge is 0.335 e. The van der Waals surface area contributed by atoms with E-state index in [1.807, 2.05) is 0 Å². The molecule has 4 heteroatoms. The molecule has 12 heavy (non-hydrogen) atoms. The van der Waals surface area contributed by atoms with Crippen molar-refractivity contribution in [3.63, 3.8) is 0 Å². The molecule has 0 saturated carbocycles. The minimum absolute atomic E-state index is 0. The SMILES string of the molecule is COc1ccc(C(=O)O)cc1.[NH4+]. The van der Waals surface area contributed by atoms with Crippen LogP contribution in [0.1, 0.15) is 10.4 Å². The zero-order valence-electron chi connectivity index (χ0n) is 7.07. The first-order chi connectivity index (χ1) is 5.24. The number of ether oxygens (including phenoxy) is 1. The van der Waals surface area contributed by atoms with Gasteiger partial charge in [-0.3, -0.25) is 0 Å². The molecule has 0 amide bonds. The first-order valence-corrected chi connectivity index (χ1v) is 3.11. The second-order valence-corrected chi connectivity index (χ2v) is 2.03. The normalized spacial score (nSPS) is 8.42. The van der Waals surface area contributed by atoms with Crippen LogP contribution < -0.4 is 10.9 Å².